The van der Waals surface area contributed by atoms with Crippen molar-refractivity contribution in [2.75, 3.05) is 31.4 Å². The third-order valence-electron chi connectivity index (χ3n) is 3.53. The second-order valence-electron chi connectivity index (χ2n) is 5.09. The van der Waals surface area contributed by atoms with Gasteiger partial charge in [-0.2, -0.15) is 0 Å². The fraction of sp³-hybridized carbons (Fsp3) is 0.278. The summed E-state index contributed by atoms with van der Waals surface area (Å²) in [6.45, 7) is 0.471. The lowest BCUT2D eigenvalue weighted by Crippen LogP contribution is -2.23. The normalized spacial score (nSPS) is 11.6. The van der Waals surface area contributed by atoms with Crippen LogP contribution in [0.15, 0.2) is 53.4 Å². The average Bonchev–Trinajstić information content (AvgIpc) is 2.65. The van der Waals surface area contributed by atoms with Crippen LogP contribution in [0.2, 0.25) is 0 Å². The predicted octanol–water partition coefficient (Wildman–Crippen LogP) is 2.86. The van der Waals surface area contributed by atoms with Crippen molar-refractivity contribution in [2.24, 2.45) is 0 Å². The number of anilines is 1. The molecule has 0 heterocycles. The Morgan fingerprint density at radius 3 is 2.21 bits per heavy atom. The van der Waals surface area contributed by atoms with Gasteiger partial charge >= 0.3 is 0 Å². The molecular formula is C18H21NO4S. The summed E-state index contributed by atoms with van der Waals surface area (Å²) < 4.78 is 22.7. The van der Waals surface area contributed by atoms with Crippen LogP contribution in [-0.4, -0.2) is 37.1 Å². The van der Waals surface area contributed by atoms with Crippen LogP contribution in [0.1, 0.15) is 6.42 Å². The zero-order chi connectivity index (χ0) is 17.4. The van der Waals surface area contributed by atoms with E-state index in [2.05, 4.69) is 0 Å². The van der Waals surface area contributed by atoms with Crippen molar-refractivity contribution in [1.82, 2.24) is 0 Å². The Morgan fingerprint density at radius 1 is 1.04 bits per heavy atom. The zero-order valence-corrected chi connectivity index (χ0v) is 14.6. The van der Waals surface area contributed by atoms with Crippen molar-refractivity contribution in [3.8, 4) is 11.5 Å². The number of rotatable bonds is 9. The summed E-state index contributed by atoms with van der Waals surface area (Å²) >= 11 is 0. The van der Waals surface area contributed by atoms with Crippen molar-refractivity contribution in [2.45, 2.75) is 11.3 Å². The summed E-state index contributed by atoms with van der Waals surface area (Å²) in [4.78, 5) is 13.8. The highest BCUT2D eigenvalue weighted by Crippen LogP contribution is 2.28. The largest absolute Gasteiger partial charge is 0.497 e. The minimum atomic E-state index is -1.06. The Balaban J connectivity index is 2.00. The smallest absolute Gasteiger partial charge is 0.214 e. The molecule has 1 amide bonds. The van der Waals surface area contributed by atoms with E-state index in [1.807, 2.05) is 30.3 Å². The van der Waals surface area contributed by atoms with E-state index < -0.39 is 10.8 Å². The summed E-state index contributed by atoms with van der Waals surface area (Å²) in [7, 11) is 2.06. The minimum absolute atomic E-state index is 0.471. The molecule has 1 unspecified atom stereocenters. The molecule has 0 spiro atoms. The first-order chi connectivity index (χ1) is 11.7. The van der Waals surface area contributed by atoms with Gasteiger partial charge in [-0.25, -0.2) is 0 Å². The second kappa shape index (κ2) is 9.08. The van der Waals surface area contributed by atoms with E-state index in [1.165, 1.54) is 0 Å². The summed E-state index contributed by atoms with van der Waals surface area (Å²) in [5.41, 5.74) is 0.687. The highest BCUT2D eigenvalue weighted by Gasteiger charge is 2.10. The van der Waals surface area contributed by atoms with Gasteiger partial charge in [-0.1, -0.05) is 18.2 Å². The fourth-order valence-electron chi connectivity index (χ4n) is 2.26. The lowest BCUT2D eigenvalue weighted by molar-refractivity contribution is -0.107. The van der Waals surface area contributed by atoms with Gasteiger partial charge < -0.3 is 14.4 Å². The lowest BCUT2D eigenvalue weighted by Gasteiger charge is -2.19. The molecule has 6 heteroatoms. The van der Waals surface area contributed by atoms with Gasteiger partial charge in [-0.05, 0) is 18.6 Å². The molecule has 0 fully saturated rings. The molecule has 1 atom stereocenters. The molecule has 0 aliphatic rings. The molecule has 24 heavy (non-hydrogen) atoms. The Kier molecular flexibility index (Phi) is 6.81. The number of methoxy groups -OCH3 is 2. The van der Waals surface area contributed by atoms with Gasteiger partial charge in [-0.15, -0.1) is 0 Å². The van der Waals surface area contributed by atoms with Crippen molar-refractivity contribution in [1.29, 1.82) is 0 Å². The Labute approximate surface area is 144 Å². The van der Waals surface area contributed by atoms with Crippen molar-refractivity contribution < 1.29 is 18.5 Å². The van der Waals surface area contributed by atoms with Gasteiger partial charge in [0, 0.05) is 35.4 Å². The average molecular weight is 347 g/mol. The van der Waals surface area contributed by atoms with E-state index in [9.17, 15) is 9.00 Å². The molecule has 0 saturated carbocycles. The minimum Gasteiger partial charge on any atom is -0.497 e. The maximum atomic E-state index is 12.2. The maximum Gasteiger partial charge on any atom is 0.214 e. The molecule has 0 radical (unpaired) electrons. The third-order valence-corrected chi connectivity index (χ3v) is 4.99. The molecule has 2 rings (SSSR count). The van der Waals surface area contributed by atoms with Crippen LogP contribution in [0.5, 0.6) is 11.5 Å². The van der Waals surface area contributed by atoms with Crippen LogP contribution >= 0.6 is 0 Å². The molecule has 0 N–H and O–H groups in total. The van der Waals surface area contributed by atoms with Gasteiger partial charge in [0.15, 0.2) is 0 Å². The van der Waals surface area contributed by atoms with Crippen LogP contribution in [0.3, 0.4) is 0 Å². The van der Waals surface area contributed by atoms with Gasteiger partial charge in [0.2, 0.25) is 6.41 Å². The number of amides is 1. The first-order valence-electron chi connectivity index (χ1n) is 7.56. The molecule has 2 aromatic carbocycles. The number of hydrogen-bond donors (Lipinski definition) is 0. The number of ether oxygens (including phenoxy) is 2. The Hall–Kier alpha value is -2.34. The van der Waals surface area contributed by atoms with Crippen molar-refractivity contribution in [3.63, 3.8) is 0 Å². The van der Waals surface area contributed by atoms with Crippen LogP contribution in [0.25, 0.3) is 0 Å². The molecule has 0 aliphatic carbocycles. The first kappa shape index (κ1) is 18.0. The van der Waals surface area contributed by atoms with E-state index in [-0.39, 0.29) is 0 Å². The van der Waals surface area contributed by atoms with E-state index in [0.29, 0.717) is 35.9 Å². The molecule has 2 aromatic rings. The monoisotopic (exact) mass is 347 g/mol. The number of hydrogen-bond acceptors (Lipinski definition) is 4. The molecule has 5 nitrogen and oxygen atoms in total. The van der Waals surface area contributed by atoms with E-state index in [1.54, 1.807) is 37.3 Å². The molecule has 0 aliphatic heterocycles. The predicted molar refractivity (Wildman–Crippen MR) is 95.3 cm³/mol. The molecule has 128 valence electrons. The maximum absolute atomic E-state index is 12.2. The van der Waals surface area contributed by atoms with Crippen LogP contribution < -0.4 is 14.4 Å². The van der Waals surface area contributed by atoms with E-state index in [0.717, 1.165) is 11.3 Å². The van der Waals surface area contributed by atoms with Gasteiger partial charge in [0.25, 0.3) is 0 Å². The van der Waals surface area contributed by atoms with E-state index in [4.69, 9.17) is 9.47 Å². The van der Waals surface area contributed by atoms with Gasteiger partial charge in [0.05, 0.1) is 30.7 Å². The highest BCUT2D eigenvalue weighted by molar-refractivity contribution is 7.85. The highest BCUT2D eigenvalue weighted by atomic mass is 32.2. The first-order valence-corrected chi connectivity index (χ1v) is 8.88. The Bertz CT molecular complexity index is 668. The molecular weight excluding hydrogens is 326 g/mol. The molecule has 0 aromatic heterocycles. The number of carbonyl (C=O) groups excluding carboxylic acids is 1. The zero-order valence-electron chi connectivity index (χ0n) is 13.8. The van der Waals surface area contributed by atoms with Crippen molar-refractivity contribution >= 4 is 22.9 Å². The molecule has 0 saturated heterocycles. The summed E-state index contributed by atoms with van der Waals surface area (Å²) in [5, 5.41) is 0. The van der Waals surface area contributed by atoms with Gasteiger partial charge in [-0.3, -0.25) is 9.00 Å². The van der Waals surface area contributed by atoms with Crippen molar-refractivity contribution in [3.05, 3.63) is 48.5 Å². The van der Waals surface area contributed by atoms with Gasteiger partial charge in [0.1, 0.15) is 11.5 Å². The molecule has 0 bridgehead atoms. The topological polar surface area (TPSA) is 55.8 Å². The van der Waals surface area contributed by atoms with Crippen LogP contribution in [-0.2, 0) is 15.6 Å². The number of carbonyl (C=O) groups is 1. The van der Waals surface area contributed by atoms with Crippen LogP contribution in [0, 0.1) is 0 Å². The third kappa shape index (κ3) is 4.83. The summed E-state index contributed by atoms with van der Waals surface area (Å²) in [5.74, 6) is 1.73. The standard InChI is InChI=1S/C18H21NO4S/c1-22-16-11-15(12-17(13-16)23-2)19(14-20)9-6-10-24(21)18-7-4-3-5-8-18/h3-5,7-8,11-14H,6,9-10H2,1-2H3. The second-order valence-corrected chi connectivity index (χ2v) is 6.66. The summed E-state index contributed by atoms with van der Waals surface area (Å²) in [6.07, 6.45) is 1.39. The Morgan fingerprint density at radius 2 is 1.67 bits per heavy atom. The van der Waals surface area contributed by atoms with E-state index >= 15 is 0 Å². The van der Waals surface area contributed by atoms with Crippen LogP contribution in [0.4, 0.5) is 5.69 Å². The lowest BCUT2D eigenvalue weighted by atomic mass is 10.2. The quantitative estimate of drug-likeness (QED) is 0.655. The number of benzene rings is 2. The summed E-state index contributed by atoms with van der Waals surface area (Å²) in [6, 6.07) is 14.6. The SMILES string of the molecule is COc1cc(OC)cc(N(C=O)CCCS(=O)c2ccccc2)c1. The number of nitrogens with zero attached hydrogens (tertiary/aromatic N) is 1. The fourth-order valence-corrected chi connectivity index (χ4v) is 3.34.